The van der Waals surface area contributed by atoms with Crippen LogP contribution in [0, 0.1) is 38.0 Å². The van der Waals surface area contributed by atoms with Gasteiger partial charge in [-0.2, -0.15) is 5.26 Å². The van der Waals surface area contributed by atoms with E-state index in [4.69, 9.17) is 0 Å². The minimum atomic E-state index is -0.951. The molecule has 0 fully saturated rings. The van der Waals surface area contributed by atoms with Crippen LogP contribution in [0.1, 0.15) is 22.3 Å². The number of hydrogen-bond acceptors (Lipinski definition) is 3. The van der Waals surface area contributed by atoms with Crippen LogP contribution in [-0.4, -0.2) is 10.9 Å². The molecule has 2 aromatic carbocycles. The zero-order valence-corrected chi connectivity index (χ0v) is 15.6. The number of benzene rings is 2. The smallest absolute Gasteiger partial charge is 0.251 e. The van der Waals surface area contributed by atoms with E-state index in [1.165, 1.54) is 0 Å². The zero-order valence-electron chi connectivity index (χ0n) is 15.6. The lowest BCUT2D eigenvalue weighted by atomic mass is 9.98. The van der Waals surface area contributed by atoms with E-state index in [9.17, 15) is 14.9 Å². The number of pyridine rings is 1. The van der Waals surface area contributed by atoms with Gasteiger partial charge in [-0.3, -0.25) is 9.59 Å². The van der Waals surface area contributed by atoms with Gasteiger partial charge in [0.1, 0.15) is 5.92 Å². The molecule has 1 aromatic heterocycles. The first-order chi connectivity index (χ1) is 12.9. The number of nitriles is 1. The molecule has 0 bridgehead atoms. The Labute approximate surface area is 157 Å². The maximum atomic E-state index is 12.6. The fourth-order valence-corrected chi connectivity index (χ4v) is 3.15. The molecular weight excluding hydrogens is 338 g/mol. The van der Waals surface area contributed by atoms with Gasteiger partial charge in [0.25, 0.3) is 5.56 Å². The maximum Gasteiger partial charge on any atom is 0.251 e. The van der Waals surface area contributed by atoms with E-state index in [0.29, 0.717) is 11.3 Å². The Bertz CT molecular complexity index is 1100. The zero-order chi connectivity index (χ0) is 19.6. The predicted molar refractivity (Wildman–Crippen MR) is 107 cm³/mol. The van der Waals surface area contributed by atoms with Gasteiger partial charge in [0.05, 0.1) is 6.07 Å². The Morgan fingerprint density at radius 1 is 1.15 bits per heavy atom. The van der Waals surface area contributed by atoms with Gasteiger partial charge >= 0.3 is 0 Å². The van der Waals surface area contributed by atoms with E-state index >= 15 is 0 Å². The second-order valence-electron chi connectivity index (χ2n) is 6.86. The Hall–Kier alpha value is -3.39. The highest BCUT2D eigenvalue weighted by molar-refractivity contribution is 5.95. The van der Waals surface area contributed by atoms with Crippen LogP contribution in [0.2, 0.25) is 0 Å². The van der Waals surface area contributed by atoms with E-state index in [2.05, 4.69) is 10.3 Å². The van der Waals surface area contributed by atoms with Crippen molar-refractivity contribution in [3.05, 3.63) is 75.1 Å². The van der Waals surface area contributed by atoms with Crippen LogP contribution >= 0.6 is 0 Å². The van der Waals surface area contributed by atoms with E-state index < -0.39 is 11.8 Å². The molecule has 0 saturated carbocycles. The SMILES string of the molecule is Cc1ccc2cc(CC(C#N)C(=O)Nc3c(C)cccc3C)c(=O)[nH]c2c1. The number of fused-ring (bicyclic) bond motifs is 1. The van der Waals surface area contributed by atoms with Crippen molar-refractivity contribution in [3.8, 4) is 6.07 Å². The summed E-state index contributed by atoms with van der Waals surface area (Å²) in [6.07, 6.45) is 0.0619. The Morgan fingerprint density at radius 2 is 1.85 bits per heavy atom. The Morgan fingerprint density at radius 3 is 2.52 bits per heavy atom. The number of nitrogens with one attached hydrogen (secondary N) is 2. The fourth-order valence-electron chi connectivity index (χ4n) is 3.15. The number of hydrogen-bond donors (Lipinski definition) is 2. The normalized spacial score (nSPS) is 11.8. The monoisotopic (exact) mass is 359 g/mol. The van der Waals surface area contributed by atoms with Gasteiger partial charge < -0.3 is 10.3 Å². The average molecular weight is 359 g/mol. The van der Waals surface area contributed by atoms with Crippen molar-refractivity contribution in [2.75, 3.05) is 5.32 Å². The molecule has 3 rings (SSSR count). The number of nitrogens with zero attached hydrogens (tertiary/aromatic N) is 1. The lowest BCUT2D eigenvalue weighted by molar-refractivity contribution is -0.118. The summed E-state index contributed by atoms with van der Waals surface area (Å²) in [5.41, 5.74) is 4.53. The molecule has 27 heavy (non-hydrogen) atoms. The van der Waals surface area contributed by atoms with E-state index in [0.717, 1.165) is 27.6 Å². The molecule has 0 aliphatic heterocycles. The summed E-state index contributed by atoms with van der Waals surface area (Å²) in [6.45, 7) is 5.76. The topological polar surface area (TPSA) is 85.8 Å². The van der Waals surface area contributed by atoms with Crippen molar-refractivity contribution >= 4 is 22.5 Å². The summed E-state index contributed by atoms with van der Waals surface area (Å²) in [7, 11) is 0. The molecule has 3 aromatic rings. The number of aromatic amines is 1. The second-order valence-corrected chi connectivity index (χ2v) is 6.86. The number of carbonyl (C=O) groups excluding carboxylic acids is 1. The Kier molecular flexibility index (Phi) is 5.09. The number of amides is 1. The quantitative estimate of drug-likeness (QED) is 0.743. The first kappa shape index (κ1) is 18.4. The molecule has 1 unspecified atom stereocenters. The van der Waals surface area contributed by atoms with Crippen LogP contribution in [0.3, 0.4) is 0 Å². The first-order valence-electron chi connectivity index (χ1n) is 8.78. The third-order valence-corrected chi connectivity index (χ3v) is 4.70. The van der Waals surface area contributed by atoms with E-state index in [1.54, 1.807) is 6.07 Å². The number of H-pyrrole nitrogens is 1. The van der Waals surface area contributed by atoms with Gasteiger partial charge in [0.2, 0.25) is 5.91 Å². The maximum absolute atomic E-state index is 12.6. The minimum Gasteiger partial charge on any atom is -0.324 e. The lowest BCUT2D eigenvalue weighted by Crippen LogP contribution is -2.26. The summed E-state index contributed by atoms with van der Waals surface area (Å²) in [6, 6.07) is 15.3. The van der Waals surface area contributed by atoms with Crippen LogP contribution in [0.4, 0.5) is 5.69 Å². The minimum absolute atomic E-state index is 0.0619. The fraction of sp³-hybridized carbons (Fsp3) is 0.227. The third kappa shape index (κ3) is 3.90. The highest BCUT2D eigenvalue weighted by Gasteiger charge is 2.21. The van der Waals surface area contributed by atoms with Crippen molar-refractivity contribution < 1.29 is 4.79 Å². The molecule has 1 heterocycles. The molecule has 5 heteroatoms. The molecular formula is C22H21N3O2. The van der Waals surface area contributed by atoms with Crippen LogP contribution in [0.15, 0.2) is 47.3 Å². The van der Waals surface area contributed by atoms with Gasteiger partial charge in [-0.1, -0.05) is 30.3 Å². The van der Waals surface area contributed by atoms with Crippen molar-refractivity contribution in [1.29, 1.82) is 5.26 Å². The summed E-state index contributed by atoms with van der Waals surface area (Å²) in [5.74, 6) is -1.36. The van der Waals surface area contributed by atoms with E-state index in [-0.39, 0.29) is 12.0 Å². The predicted octanol–water partition coefficient (Wildman–Crippen LogP) is 3.77. The molecule has 1 amide bonds. The summed E-state index contributed by atoms with van der Waals surface area (Å²) in [5, 5.41) is 13.2. The van der Waals surface area contributed by atoms with E-state index in [1.807, 2.05) is 63.2 Å². The van der Waals surface area contributed by atoms with Crippen LogP contribution in [-0.2, 0) is 11.2 Å². The third-order valence-electron chi connectivity index (χ3n) is 4.70. The van der Waals surface area contributed by atoms with Crippen LogP contribution in [0.5, 0.6) is 0 Å². The molecule has 0 radical (unpaired) electrons. The van der Waals surface area contributed by atoms with Crippen LogP contribution in [0.25, 0.3) is 10.9 Å². The number of aromatic nitrogens is 1. The van der Waals surface area contributed by atoms with Gasteiger partial charge in [-0.05, 0) is 55.0 Å². The summed E-state index contributed by atoms with van der Waals surface area (Å²) in [4.78, 5) is 27.9. The van der Waals surface area contributed by atoms with Crippen LogP contribution < -0.4 is 10.9 Å². The Balaban J connectivity index is 1.87. The molecule has 0 saturated heterocycles. The van der Waals surface area contributed by atoms with Gasteiger partial charge in [0.15, 0.2) is 0 Å². The van der Waals surface area contributed by atoms with Gasteiger partial charge in [0, 0.05) is 23.2 Å². The van der Waals surface area contributed by atoms with Crippen molar-refractivity contribution in [2.45, 2.75) is 27.2 Å². The lowest BCUT2D eigenvalue weighted by Gasteiger charge is -2.14. The number of carbonyl (C=O) groups is 1. The largest absolute Gasteiger partial charge is 0.324 e. The van der Waals surface area contributed by atoms with Crippen molar-refractivity contribution in [2.24, 2.45) is 5.92 Å². The molecule has 0 aliphatic carbocycles. The highest BCUT2D eigenvalue weighted by atomic mass is 16.2. The van der Waals surface area contributed by atoms with Gasteiger partial charge in [-0.25, -0.2) is 0 Å². The number of rotatable bonds is 4. The molecule has 1 atom stereocenters. The molecule has 2 N–H and O–H groups in total. The van der Waals surface area contributed by atoms with Crippen molar-refractivity contribution in [1.82, 2.24) is 4.98 Å². The number of para-hydroxylation sites is 1. The number of anilines is 1. The summed E-state index contributed by atoms with van der Waals surface area (Å²) >= 11 is 0. The molecule has 0 spiro atoms. The first-order valence-corrected chi connectivity index (χ1v) is 8.78. The van der Waals surface area contributed by atoms with Gasteiger partial charge in [-0.15, -0.1) is 0 Å². The molecule has 0 aliphatic rings. The molecule has 136 valence electrons. The molecule has 5 nitrogen and oxygen atoms in total. The number of aryl methyl sites for hydroxylation is 3. The summed E-state index contributed by atoms with van der Waals surface area (Å²) < 4.78 is 0. The standard InChI is InChI=1S/C22H21N3O2/c1-13-7-8-16-10-17(21(26)24-19(16)9-13)11-18(12-23)22(27)25-20-14(2)5-4-6-15(20)3/h4-10,18H,11H2,1-3H3,(H,24,26)(H,25,27). The highest BCUT2D eigenvalue weighted by Crippen LogP contribution is 2.21. The average Bonchev–Trinajstić information content (AvgIpc) is 2.63. The van der Waals surface area contributed by atoms with Crippen molar-refractivity contribution in [3.63, 3.8) is 0 Å². The second kappa shape index (κ2) is 7.46.